The first kappa shape index (κ1) is 13.8. The van der Waals surface area contributed by atoms with E-state index >= 15 is 0 Å². The molecule has 0 unspecified atom stereocenters. The van der Waals surface area contributed by atoms with Gasteiger partial charge in [-0.25, -0.2) is 8.78 Å². The van der Waals surface area contributed by atoms with Crippen LogP contribution in [-0.4, -0.2) is 5.91 Å². The van der Waals surface area contributed by atoms with Gasteiger partial charge in [-0.2, -0.15) is 0 Å². The SMILES string of the molecule is O=C(Nc1cc(F)ccc1F)c1cc2c(Br)cccc2o1. The second-order valence-corrected chi connectivity index (χ2v) is 5.19. The van der Waals surface area contributed by atoms with Gasteiger partial charge in [-0.15, -0.1) is 0 Å². The van der Waals surface area contributed by atoms with Crippen LogP contribution in [0.3, 0.4) is 0 Å². The van der Waals surface area contributed by atoms with Crippen molar-refractivity contribution >= 4 is 38.5 Å². The zero-order valence-electron chi connectivity index (χ0n) is 10.5. The van der Waals surface area contributed by atoms with Gasteiger partial charge in [-0.05, 0) is 30.3 Å². The molecule has 2 aromatic carbocycles. The summed E-state index contributed by atoms with van der Waals surface area (Å²) in [5.41, 5.74) is 0.286. The van der Waals surface area contributed by atoms with Gasteiger partial charge in [0.05, 0.1) is 5.69 Å². The van der Waals surface area contributed by atoms with Crippen LogP contribution in [0.25, 0.3) is 11.0 Å². The first-order valence-corrected chi connectivity index (χ1v) is 6.78. The summed E-state index contributed by atoms with van der Waals surface area (Å²) in [6.07, 6.45) is 0. The van der Waals surface area contributed by atoms with Crippen molar-refractivity contribution in [1.29, 1.82) is 0 Å². The summed E-state index contributed by atoms with van der Waals surface area (Å²) in [6.45, 7) is 0. The molecule has 3 aromatic rings. The van der Waals surface area contributed by atoms with Crippen LogP contribution in [-0.2, 0) is 0 Å². The number of amides is 1. The van der Waals surface area contributed by atoms with Crippen molar-refractivity contribution in [2.45, 2.75) is 0 Å². The summed E-state index contributed by atoms with van der Waals surface area (Å²) in [5.74, 6) is -2.00. The Morgan fingerprint density at radius 1 is 1.14 bits per heavy atom. The van der Waals surface area contributed by atoms with Crippen LogP contribution in [0.2, 0.25) is 0 Å². The second-order valence-electron chi connectivity index (χ2n) is 4.34. The van der Waals surface area contributed by atoms with Crippen molar-refractivity contribution in [2.75, 3.05) is 5.32 Å². The number of benzene rings is 2. The number of nitrogens with one attached hydrogen (secondary N) is 1. The lowest BCUT2D eigenvalue weighted by atomic mass is 10.2. The molecule has 0 saturated carbocycles. The minimum atomic E-state index is -0.720. The Bertz CT molecular complexity index is 845. The molecule has 0 aliphatic rings. The molecule has 6 heteroatoms. The first-order chi connectivity index (χ1) is 10.0. The van der Waals surface area contributed by atoms with Crippen molar-refractivity contribution in [3.8, 4) is 0 Å². The van der Waals surface area contributed by atoms with Crippen LogP contribution < -0.4 is 5.32 Å². The van der Waals surface area contributed by atoms with Crippen molar-refractivity contribution < 1.29 is 18.0 Å². The van der Waals surface area contributed by atoms with E-state index in [9.17, 15) is 13.6 Å². The monoisotopic (exact) mass is 351 g/mol. The predicted octanol–water partition coefficient (Wildman–Crippen LogP) is 4.73. The van der Waals surface area contributed by atoms with Crippen molar-refractivity contribution in [3.63, 3.8) is 0 Å². The molecular formula is C15H8BrF2NO2. The maximum absolute atomic E-state index is 13.5. The predicted molar refractivity (Wildman–Crippen MR) is 78.2 cm³/mol. The zero-order valence-corrected chi connectivity index (χ0v) is 12.1. The Labute approximate surface area is 126 Å². The highest BCUT2D eigenvalue weighted by molar-refractivity contribution is 9.10. The highest BCUT2D eigenvalue weighted by Crippen LogP contribution is 2.27. The molecule has 1 heterocycles. The number of anilines is 1. The summed E-state index contributed by atoms with van der Waals surface area (Å²) >= 11 is 3.35. The molecule has 21 heavy (non-hydrogen) atoms. The molecule has 0 aliphatic carbocycles. The summed E-state index contributed by atoms with van der Waals surface area (Å²) in [5, 5.41) is 3.01. The van der Waals surface area contributed by atoms with Crippen molar-refractivity contribution in [3.05, 3.63) is 64.3 Å². The average Bonchev–Trinajstić information content (AvgIpc) is 2.88. The molecule has 3 nitrogen and oxygen atoms in total. The van der Waals surface area contributed by atoms with Crippen molar-refractivity contribution in [2.24, 2.45) is 0 Å². The van der Waals surface area contributed by atoms with Gasteiger partial charge in [0, 0.05) is 15.9 Å². The molecule has 0 bridgehead atoms. The van der Waals surface area contributed by atoms with Crippen LogP contribution in [0.15, 0.2) is 51.4 Å². The fraction of sp³-hybridized carbons (Fsp3) is 0. The Morgan fingerprint density at radius 2 is 1.95 bits per heavy atom. The number of halogens is 3. The normalized spacial score (nSPS) is 10.8. The van der Waals surface area contributed by atoms with Crippen LogP contribution in [0.5, 0.6) is 0 Å². The first-order valence-electron chi connectivity index (χ1n) is 5.99. The fourth-order valence-corrected chi connectivity index (χ4v) is 2.38. The second kappa shape index (κ2) is 5.29. The molecule has 3 rings (SSSR count). The molecule has 0 aliphatic heterocycles. The number of furan rings is 1. The molecule has 1 N–H and O–H groups in total. The number of fused-ring (bicyclic) bond motifs is 1. The molecule has 0 atom stereocenters. The van der Waals surface area contributed by atoms with Gasteiger partial charge in [0.25, 0.3) is 5.91 Å². The van der Waals surface area contributed by atoms with Gasteiger partial charge in [0.1, 0.15) is 17.2 Å². The van der Waals surface area contributed by atoms with Crippen LogP contribution in [0.4, 0.5) is 14.5 Å². The largest absolute Gasteiger partial charge is 0.451 e. The van der Waals surface area contributed by atoms with Gasteiger partial charge in [-0.3, -0.25) is 4.79 Å². The molecule has 0 radical (unpaired) electrons. The van der Waals surface area contributed by atoms with E-state index in [0.717, 1.165) is 28.1 Å². The highest BCUT2D eigenvalue weighted by Gasteiger charge is 2.15. The van der Waals surface area contributed by atoms with Gasteiger partial charge < -0.3 is 9.73 Å². The van der Waals surface area contributed by atoms with E-state index in [1.807, 2.05) is 6.07 Å². The van der Waals surface area contributed by atoms with Crippen LogP contribution in [0.1, 0.15) is 10.6 Å². The van der Waals surface area contributed by atoms with E-state index in [2.05, 4.69) is 21.2 Å². The number of hydrogen-bond donors (Lipinski definition) is 1. The third kappa shape index (κ3) is 2.67. The Balaban J connectivity index is 1.93. The summed E-state index contributed by atoms with van der Waals surface area (Å²) < 4.78 is 32.7. The molecular weight excluding hydrogens is 344 g/mol. The molecule has 1 amide bonds. The average molecular weight is 352 g/mol. The molecule has 0 fully saturated rings. The maximum Gasteiger partial charge on any atom is 0.291 e. The highest BCUT2D eigenvalue weighted by atomic mass is 79.9. The number of rotatable bonds is 2. The molecule has 1 aromatic heterocycles. The van der Waals surface area contributed by atoms with E-state index in [1.54, 1.807) is 12.1 Å². The van der Waals surface area contributed by atoms with Gasteiger partial charge in [0.15, 0.2) is 5.76 Å². The smallest absolute Gasteiger partial charge is 0.291 e. The molecule has 0 saturated heterocycles. The lowest BCUT2D eigenvalue weighted by Crippen LogP contribution is -2.12. The minimum absolute atomic E-state index is 0.0144. The lowest BCUT2D eigenvalue weighted by Gasteiger charge is -2.04. The Kier molecular flexibility index (Phi) is 3.47. The third-order valence-electron chi connectivity index (χ3n) is 2.91. The number of carbonyl (C=O) groups excluding carboxylic acids is 1. The summed E-state index contributed by atoms with van der Waals surface area (Å²) in [7, 11) is 0. The molecule has 0 spiro atoms. The number of carbonyl (C=O) groups is 1. The van der Waals surface area contributed by atoms with E-state index in [1.165, 1.54) is 6.07 Å². The minimum Gasteiger partial charge on any atom is -0.451 e. The Morgan fingerprint density at radius 3 is 2.71 bits per heavy atom. The van der Waals surface area contributed by atoms with E-state index in [0.29, 0.717) is 5.58 Å². The van der Waals surface area contributed by atoms with Crippen LogP contribution in [0, 0.1) is 11.6 Å². The fourth-order valence-electron chi connectivity index (χ4n) is 1.91. The lowest BCUT2D eigenvalue weighted by molar-refractivity contribution is 0.0998. The zero-order chi connectivity index (χ0) is 15.0. The number of hydrogen-bond acceptors (Lipinski definition) is 2. The van der Waals surface area contributed by atoms with Gasteiger partial charge in [0.2, 0.25) is 0 Å². The van der Waals surface area contributed by atoms with Gasteiger partial charge >= 0.3 is 0 Å². The van der Waals surface area contributed by atoms with Crippen LogP contribution >= 0.6 is 15.9 Å². The topological polar surface area (TPSA) is 42.2 Å². The molecule has 106 valence electrons. The van der Waals surface area contributed by atoms with E-state index in [-0.39, 0.29) is 11.4 Å². The maximum atomic E-state index is 13.5. The van der Waals surface area contributed by atoms with Crippen molar-refractivity contribution in [1.82, 2.24) is 0 Å². The van der Waals surface area contributed by atoms with E-state index < -0.39 is 17.5 Å². The van der Waals surface area contributed by atoms with E-state index in [4.69, 9.17) is 4.42 Å². The standard InChI is InChI=1S/C15H8BrF2NO2/c16-10-2-1-3-13-9(10)7-14(21-13)15(20)19-12-6-8(17)4-5-11(12)18/h1-7H,(H,19,20). The quantitative estimate of drug-likeness (QED) is 0.725. The van der Waals surface area contributed by atoms with Gasteiger partial charge in [-0.1, -0.05) is 22.0 Å². The Hall–Kier alpha value is -2.21. The summed E-state index contributed by atoms with van der Waals surface area (Å²) in [4.78, 5) is 12.0. The summed E-state index contributed by atoms with van der Waals surface area (Å²) in [6, 6.07) is 9.65. The third-order valence-corrected chi connectivity index (χ3v) is 3.60.